The molecule has 18 heavy (non-hydrogen) atoms. The predicted octanol–water partition coefficient (Wildman–Crippen LogP) is 3.36. The van der Waals surface area contributed by atoms with Gasteiger partial charge in [-0.25, -0.2) is 0 Å². The van der Waals surface area contributed by atoms with Crippen molar-refractivity contribution in [3.05, 3.63) is 34.9 Å². The van der Waals surface area contributed by atoms with Gasteiger partial charge in [0.25, 0.3) is 0 Å². The molecule has 1 aromatic carbocycles. The van der Waals surface area contributed by atoms with Crippen LogP contribution in [0.25, 0.3) is 0 Å². The van der Waals surface area contributed by atoms with Crippen molar-refractivity contribution in [2.45, 2.75) is 52.1 Å². The van der Waals surface area contributed by atoms with Crippen LogP contribution in [-0.2, 0) is 0 Å². The molecule has 1 aliphatic carbocycles. The molecule has 0 amide bonds. The van der Waals surface area contributed by atoms with Crippen molar-refractivity contribution < 1.29 is 4.79 Å². The third-order valence-corrected chi connectivity index (χ3v) is 4.43. The number of nitrogens with zero attached hydrogens (tertiary/aromatic N) is 1. The molecule has 2 rings (SSSR count). The van der Waals surface area contributed by atoms with Crippen molar-refractivity contribution in [3.8, 4) is 0 Å². The molecule has 0 saturated heterocycles. The molecule has 0 spiro atoms. The second-order valence-corrected chi connectivity index (χ2v) is 5.59. The largest absolute Gasteiger partial charge is 0.294 e. The van der Waals surface area contributed by atoms with Gasteiger partial charge in [0.05, 0.1) is 6.04 Å². The van der Waals surface area contributed by atoms with Crippen molar-refractivity contribution in [1.29, 1.82) is 0 Å². The number of benzene rings is 1. The Bertz CT molecular complexity index is 448. The molecule has 1 aromatic rings. The Morgan fingerprint density at radius 1 is 1.28 bits per heavy atom. The summed E-state index contributed by atoms with van der Waals surface area (Å²) in [4.78, 5) is 14.7. The minimum Gasteiger partial charge on any atom is -0.294 e. The number of carbonyl (C=O) groups is 1. The van der Waals surface area contributed by atoms with Gasteiger partial charge in [0.15, 0.2) is 5.78 Å². The number of carbonyl (C=O) groups excluding carboxylic acids is 1. The second-order valence-electron chi connectivity index (χ2n) is 5.59. The van der Waals surface area contributed by atoms with E-state index >= 15 is 0 Å². The highest BCUT2D eigenvalue weighted by Gasteiger charge is 2.29. The second kappa shape index (κ2) is 5.23. The highest BCUT2D eigenvalue weighted by Crippen LogP contribution is 2.26. The quantitative estimate of drug-likeness (QED) is 0.758. The molecule has 0 heterocycles. The Kier molecular flexibility index (Phi) is 3.86. The lowest BCUT2D eigenvalue weighted by Gasteiger charge is -2.38. The molecule has 0 radical (unpaired) electrons. The summed E-state index contributed by atoms with van der Waals surface area (Å²) in [7, 11) is 2.08. The van der Waals surface area contributed by atoms with Crippen LogP contribution in [0.4, 0.5) is 0 Å². The summed E-state index contributed by atoms with van der Waals surface area (Å²) in [5, 5.41) is 0. The molecule has 0 N–H and O–H groups in total. The van der Waals surface area contributed by atoms with E-state index in [1.54, 1.807) is 0 Å². The minimum absolute atomic E-state index is 0.0163. The van der Waals surface area contributed by atoms with Crippen molar-refractivity contribution in [3.63, 3.8) is 0 Å². The van der Waals surface area contributed by atoms with Crippen LogP contribution in [-0.4, -0.2) is 29.8 Å². The third kappa shape index (κ3) is 2.49. The maximum Gasteiger partial charge on any atom is 0.179 e. The van der Waals surface area contributed by atoms with E-state index in [4.69, 9.17) is 0 Å². The van der Waals surface area contributed by atoms with Gasteiger partial charge in [0, 0.05) is 11.6 Å². The fourth-order valence-corrected chi connectivity index (χ4v) is 2.43. The topological polar surface area (TPSA) is 20.3 Å². The number of likely N-dealkylation sites (N-methyl/N-ethyl adjacent to an activating group) is 1. The SMILES string of the molecule is Cc1ccc(C(=O)C(C)N(C)C2CCC2)cc1C. The molecule has 98 valence electrons. The average Bonchev–Trinajstić information content (AvgIpc) is 2.28. The molecule has 2 nitrogen and oxygen atoms in total. The van der Waals surface area contributed by atoms with Crippen LogP contribution >= 0.6 is 0 Å². The summed E-state index contributed by atoms with van der Waals surface area (Å²) in [6, 6.07) is 6.60. The van der Waals surface area contributed by atoms with Crippen LogP contribution in [0, 0.1) is 13.8 Å². The fourth-order valence-electron chi connectivity index (χ4n) is 2.43. The van der Waals surface area contributed by atoms with Gasteiger partial charge in [-0.15, -0.1) is 0 Å². The lowest BCUT2D eigenvalue weighted by molar-refractivity contribution is 0.0723. The maximum atomic E-state index is 12.5. The molecule has 0 aromatic heterocycles. The Hall–Kier alpha value is -1.15. The zero-order valence-corrected chi connectivity index (χ0v) is 11.9. The first kappa shape index (κ1) is 13.3. The summed E-state index contributed by atoms with van der Waals surface area (Å²) >= 11 is 0. The van der Waals surface area contributed by atoms with Crippen LogP contribution < -0.4 is 0 Å². The third-order valence-electron chi connectivity index (χ3n) is 4.43. The van der Waals surface area contributed by atoms with E-state index in [1.807, 2.05) is 25.1 Å². The Labute approximate surface area is 110 Å². The van der Waals surface area contributed by atoms with Gasteiger partial charge in [-0.2, -0.15) is 0 Å². The van der Waals surface area contributed by atoms with E-state index in [1.165, 1.54) is 30.4 Å². The predicted molar refractivity (Wildman–Crippen MR) is 75.1 cm³/mol. The van der Waals surface area contributed by atoms with E-state index in [0.717, 1.165) is 5.56 Å². The Morgan fingerprint density at radius 3 is 2.44 bits per heavy atom. The van der Waals surface area contributed by atoms with E-state index in [2.05, 4.69) is 25.8 Å². The molecule has 1 atom stereocenters. The smallest absolute Gasteiger partial charge is 0.179 e. The first-order chi connectivity index (χ1) is 8.50. The van der Waals surface area contributed by atoms with Gasteiger partial charge >= 0.3 is 0 Å². The molecule has 0 bridgehead atoms. The monoisotopic (exact) mass is 245 g/mol. The Balaban J connectivity index is 2.11. The molecule has 0 aliphatic heterocycles. The molecular weight excluding hydrogens is 222 g/mol. The molecule has 2 heteroatoms. The number of hydrogen-bond donors (Lipinski definition) is 0. The summed E-state index contributed by atoms with van der Waals surface area (Å²) in [5.74, 6) is 0.243. The van der Waals surface area contributed by atoms with Gasteiger partial charge in [-0.05, 0) is 57.9 Å². The molecule has 1 saturated carbocycles. The number of rotatable bonds is 4. The fraction of sp³-hybridized carbons (Fsp3) is 0.562. The van der Waals surface area contributed by atoms with Crippen molar-refractivity contribution in [1.82, 2.24) is 4.90 Å². The summed E-state index contributed by atoms with van der Waals surface area (Å²) < 4.78 is 0. The van der Waals surface area contributed by atoms with Gasteiger partial charge in [-0.1, -0.05) is 18.6 Å². The number of aryl methyl sites for hydroxylation is 2. The number of Topliss-reactive ketones (excluding diaryl/α,β-unsaturated/α-hetero) is 1. The van der Waals surface area contributed by atoms with E-state index in [0.29, 0.717) is 6.04 Å². The minimum atomic E-state index is -0.0163. The van der Waals surface area contributed by atoms with Crippen LogP contribution in [0.5, 0.6) is 0 Å². The van der Waals surface area contributed by atoms with Gasteiger partial charge in [0.1, 0.15) is 0 Å². The standard InChI is InChI=1S/C16H23NO/c1-11-8-9-14(10-12(11)2)16(18)13(3)17(4)15-6-5-7-15/h8-10,13,15H,5-7H2,1-4H3. The maximum absolute atomic E-state index is 12.5. The van der Waals surface area contributed by atoms with Crippen LogP contribution in [0.2, 0.25) is 0 Å². The van der Waals surface area contributed by atoms with Gasteiger partial charge < -0.3 is 0 Å². The molecular formula is C16H23NO. The lowest BCUT2D eigenvalue weighted by atomic mass is 9.89. The normalized spacial score (nSPS) is 17.6. The highest BCUT2D eigenvalue weighted by molar-refractivity contribution is 6.00. The van der Waals surface area contributed by atoms with E-state index in [9.17, 15) is 4.79 Å². The number of hydrogen-bond acceptors (Lipinski definition) is 2. The molecule has 1 aliphatic rings. The summed E-state index contributed by atoms with van der Waals surface area (Å²) in [6.07, 6.45) is 3.78. The molecule has 1 fully saturated rings. The van der Waals surface area contributed by atoms with Crippen molar-refractivity contribution in [2.24, 2.45) is 0 Å². The van der Waals surface area contributed by atoms with E-state index < -0.39 is 0 Å². The van der Waals surface area contributed by atoms with Crippen molar-refractivity contribution >= 4 is 5.78 Å². The summed E-state index contributed by atoms with van der Waals surface area (Å²) in [6.45, 7) is 6.16. The first-order valence-corrected chi connectivity index (χ1v) is 6.84. The van der Waals surface area contributed by atoms with Gasteiger partial charge in [-0.3, -0.25) is 9.69 Å². The Morgan fingerprint density at radius 2 is 1.94 bits per heavy atom. The van der Waals surface area contributed by atoms with Gasteiger partial charge in [0.2, 0.25) is 0 Å². The average molecular weight is 245 g/mol. The first-order valence-electron chi connectivity index (χ1n) is 6.84. The van der Waals surface area contributed by atoms with Crippen LogP contribution in [0.1, 0.15) is 47.7 Å². The van der Waals surface area contributed by atoms with E-state index in [-0.39, 0.29) is 11.8 Å². The molecule has 1 unspecified atom stereocenters. The lowest BCUT2D eigenvalue weighted by Crippen LogP contribution is -2.46. The highest BCUT2D eigenvalue weighted by atomic mass is 16.1. The van der Waals surface area contributed by atoms with Crippen LogP contribution in [0.3, 0.4) is 0 Å². The zero-order valence-electron chi connectivity index (χ0n) is 11.9. The van der Waals surface area contributed by atoms with Crippen LogP contribution in [0.15, 0.2) is 18.2 Å². The zero-order chi connectivity index (χ0) is 13.3. The summed E-state index contributed by atoms with van der Waals surface area (Å²) in [5.41, 5.74) is 3.28. The number of ketones is 1. The van der Waals surface area contributed by atoms with Crippen molar-refractivity contribution in [2.75, 3.05) is 7.05 Å².